The molecule has 1 aromatic carbocycles. The lowest BCUT2D eigenvalue weighted by molar-refractivity contribution is -0.121. The molecular formula is C20H20N2O5S2. The number of thiophene rings is 1. The molecule has 3 heterocycles. The largest absolute Gasteiger partial charge is 0.493 e. The Balaban J connectivity index is 1.44. The minimum Gasteiger partial charge on any atom is -0.493 e. The molecule has 1 aliphatic heterocycles. The molecule has 1 aliphatic rings. The van der Waals surface area contributed by atoms with Crippen LogP contribution in [0.15, 0.2) is 52.5 Å². The molecule has 0 radical (unpaired) electrons. The van der Waals surface area contributed by atoms with Crippen LogP contribution in [0.2, 0.25) is 0 Å². The second-order valence-electron chi connectivity index (χ2n) is 6.81. The van der Waals surface area contributed by atoms with Crippen molar-refractivity contribution in [3.05, 3.63) is 59.3 Å². The summed E-state index contributed by atoms with van der Waals surface area (Å²) in [5, 5.41) is 3.53. The van der Waals surface area contributed by atoms with Gasteiger partial charge in [-0.15, -0.1) is 11.3 Å². The van der Waals surface area contributed by atoms with Gasteiger partial charge in [0.2, 0.25) is 11.8 Å². The monoisotopic (exact) mass is 432 g/mol. The third-order valence-electron chi connectivity index (χ3n) is 4.82. The van der Waals surface area contributed by atoms with Gasteiger partial charge in [0.1, 0.15) is 17.3 Å². The smallest absolute Gasteiger partial charge is 0.238 e. The topological polar surface area (TPSA) is 98.5 Å². The van der Waals surface area contributed by atoms with E-state index in [1.807, 2.05) is 41.8 Å². The molecule has 0 unspecified atom stereocenters. The Morgan fingerprint density at radius 3 is 2.93 bits per heavy atom. The van der Waals surface area contributed by atoms with Crippen molar-refractivity contribution in [2.24, 2.45) is 0 Å². The fourth-order valence-electron chi connectivity index (χ4n) is 3.16. The van der Waals surface area contributed by atoms with E-state index in [4.69, 9.17) is 9.15 Å². The van der Waals surface area contributed by atoms with Gasteiger partial charge in [0.05, 0.1) is 29.0 Å². The summed E-state index contributed by atoms with van der Waals surface area (Å²) in [4.78, 5) is 17.7. The van der Waals surface area contributed by atoms with Crippen molar-refractivity contribution in [1.29, 1.82) is 0 Å². The molecule has 152 valence electrons. The molecule has 1 N–H and O–H groups in total. The lowest BCUT2D eigenvalue weighted by Gasteiger charge is -2.27. The molecule has 2 aromatic heterocycles. The van der Waals surface area contributed by atoms with Gasteiger partial charge in [-0.25, -0.2) is 13.4 Å². The summed E-state index contributed by atoms with van der Waals surface area (Å²) in [5.74, 6) is 0.193. The molecule has 0 fully saturated rings. The van der Waals surface area contributed by atoms with Crippen molar-refractivity contribution < 1.29 is 22.4 Å². The number of ether oxygens (including phenoxy) is 1. The van der Waals surface area contributed by atoms with Crippen molar-refractivity contribution in [2.45, 2.75) is 30.4 Å². The second kappa shape index (κ2) is 8.00. The average Bonchev–Trinajstić information content (AvgIpc) is 3.39. The molecule has 7 nitrogen and oxygen atoms in total. The van der Waals surface area contributed by atoms with Gasteiger partial charge in [0.15, 0.2) is 9.84 Å². The van der Waals surface area contributed by atoms with E-state index in [2.05, 4.69) is 10.3 Å². The fraction of sp³-hybridized carbons (Fsp3) is 0.300. The number of benzene rings is 1. The zero-order valence-corrected chi connectivity index (χ0v) is 17.3. The quantitative estimate of drug-likeness (QED) is 0.641. The molecule has 4 rings (SSSR count). The molecule has 2 atom stereocenters. The van der Waals surface area contributed by atoms with E-state index >= 15 is 0 Å². The van der Waals surface area contributed by atoms with Crippen LogP contribution in [-0.4, -0.2) is 31.2 Å². The number of oxazole rings is 1. The maximum Gasteiger partial charge on any atom is 0.238 e. The summed E-state index contributed by atoms with van der Waals surface area (Å²) in [6.07, 6.45) is 1.91. The molecule has 0 bridgehead atoms. The Labute approximate surface area is 172 Å². The maximum atomic E-state index is 12.8. The summed E-state index contributed by atoms with van der Waals surface area (Å²) in [7, 11) is -3.76. The van der Waals surface area contributed by atoms with Gasteiger partial charge >= 0.3 is 0 Å². The van der Waals surface area contributed by atoms with Gasteiger partial charge in [0.25, 0.3) is 0 Å². The summed E-state index contributed by atoms with van der Waals surface area (Å²) in [6, 6.07) is 10.9. The number of nitrogens with one attached hydrogen (secondary N) is 1. The van der Waals surface area contributed by atoms with Gasteiger partial charge in [0, 0.05) is 12.0 Å². The summed E-state index contributed by atoms with van der Waals surface area (Å²) >= 11 is 1.45. The van der Waals surface area contributed by atoms with Crippen LogP contribution in [0.5, 0.6) is 5.75 Å². The number of fused-ring (bicyclic) bond motifs is 1. The molecule has 3 aromatic rings. The van der Waals surface area contributed by atoms with E-state index < -0.39 is 21.0 Å². The second-order valence-corrected chi connectivity index (χ2v) is 10.1. The number of hydrogen-bond donors (Lipinski definition) is 1. The zero-order chi connectivity index (χ0) is 20.4. The molecule has 29 heavy (non-hydrogen) atoms. The standard InChI is InChI=1S/C20H20N2O5S2/c1-13(19(23)22-16-8-9-26-17-6-3-2-5-15(16)17)29(24,25)12-14-11-27-20(21-14)18-7-4-10-28-18/h2-7,10-11,13,16H,8-9,12H2,1H3,(H,22,23)/t13-,16-/m1/s1. The number of para-hydroxylation sites is 1. The van der Waals surface area contributed by atoms with Crippen molar-refractivity contribution in [3.8, 4) is 16.5 Å². The first-order valence-electron chi connectivity index (χ1n) is 9.16. The molecule has 9 heteroatoms. The lowest BCUT2D eigenvalue weighted by Crippen LogP contribution is -2.41. The van der Waals surface area contributed by atoms with Gasteiger partial charge in [-0.3, -0.25) is 4.79 Å². The number of hydrogen-bond acceptors (Lipinski definition) is 7. The van der Waals surface area contributed by atoms with Gasteiger partial charge in [-0.1, -0.05) is 24.3 Å². The van der Waals surface area contributed by atoms with Crippen LogP contribution in [0.4, 0.5) is 0 Å². The highest BCUT2D eigenvalue weighted by molar-refractivity contribution is 7.92. The first-order chi connectivity index (χ1) is 13.9. The first kappa shape index (κ1) is 19.7. The van der Waals surface area contributed by atoms with Crippen LogP contribution in [0, 0.1) is 0 Å². The Morgan fingerprint density at radius 2 is 2.14 bits per heavy atom. The van der Waals surface area contributed by atoms with Crippen LogP contribution < -0.4 is 10.1 Å². The molecule has 0 aliphatic carbocycles. The number of carbonyl (C=O) groups excluding carboxylic acids is 1. The molecule has 1 amide bonds. The number of carbonyl (C=O) groups is 1. The minimum absolute atomic E-state index is 0.275. The predicted octanol–water partition coefficient (Wildman–Crippen LogP) is 3.35. The summed E-state index contributed by atoms with van der Waals surface area (Å²) in [6.45, 7) is 1.86. The van der Waals surface area contributed by atoms with Crippen LogP contribution in [0.3, 0.4) is 0 Å². The van der Waals surface area contributed by atoms with Crippen LogP contribution in [-0.2, 0) is 20.4 Å². The van der Waals surface area contributed by atoms with Crippen LogP contribution in [0.25, 0.3) is 10.8 Å². The first-order valence-corrected chi connectivity index (χ1v) is 11.8. The maximum absolute atomic E-state index is 12.8. The van der Waals surface area contributed by atoms with Crippen LogP contribution in [0.1, 0.15) is 30.6 Å². The number of sulfone groups is 1. The molecule has 0 spiro atoms. The Morgan fingerprint density at radius 1 is 1.31 bits per heavy atom. The minimum atomic E-state index is -3.76. The van der Waals surface area contributed by atoms with E-state index in [-0.39, 0.29) is 17.5 Å². The SMILES string of the molecule is C[C@H](C(=O)N[C@@H]1CCOc2ccccc21)S(=O)(=O)Cc1coc(-c2cccs2)n1. The summed E-state index contributed by atoms with van der Waals surface area (Å²) < 4.78 is 36.5. The third-order valence-corrected chi connectivity index (χ3v) is 7.66. The third kappa shape index (κ3) is 4.20. The highest BCUT2D eigenvalue weighted by atomic mass is 32.2. The Kier molecular flexibility index (Phi) is 5.42. The molecule has 0 saturated carbocycles. The molecular weight excluding hydrogens is 412 g/mol. The highest BCUT2D eigenvalue weighted by Gasteiger charge is 2.32. The average molecular weight is 433 g/mol. The number of amides is 1. The van der Waals surface area contributed by atoms with Crippen molar-refractivity contribution in [1.82, 2.24) is 10.3 Å². The van der Waals surface area contributed by atoms with E-state index in [0.717, 1.165) is 10.4 Å². The van der Waals surface area contributed by atoms with E-state index in [1.165, 1.54) is 24.5 Å². The van der Waals surface area contributed by atoms with Crippen molar-refractivity contribution in [2.75, 3.05) is 6.61 Å². The van der Waals surface area contributed by atoms with E-state index in [0.29, 0.717) is 24.7 Å². The van der Waals surface area contributed by atoms with E-state index in [1.54, 1.807) is 0 Å². The predicted molar refractivity (Wildman–Crippen MR) is 109 cm³/mol. The Bertz CT molecular complexity index is 1110. The molecule has 0 saturated heterocycles. The number of nitrogens with zero attached hydrogens (tertiary/aromatic N) is 1. The number of rotatable bonds is 6. The van der Waals surface area contributed by atoms with Crippen molar-refractivity contribution in [3.63, 3.8) is 0 Å². The van der Waals surface area contributed by atoms with Gasteiger partial charge in [-0.05, 0) is 24.4 Å². The van der Waals surface area contributed by atoms with Gasteiger partial charge in [-0.2, -0.15) is 0 Å². The normalized spacial score (nSPS) is 17.2. The summed E-state index contributed by atoms with van der Waals surface area (Å²) in [5.41, 5.74) is 1.14. The number of aromatic nitrogens is 1. The Hall–Kier alpha value is -2.65. The fourth-order valence-corrected chi connectivity index (χ4v) is 5.01. The van der Waals surface area contributed by atoms with Crippen LogP contribution >= 0.6 is 11.3 Å². The van der Waals surface area contributed by atoms with E-state index in [9.17, 15) is 13.2 Å². The highest BCUT2D eigenvalue weighted by Crippen LogP contribution is 2.31. The van der Waals surface area contributed by atoms with Gasteiger partial charge < -0.3 is 14.5 Å². The zero-order valence-electron chi connectivity index (χ0n) is 15.7. The van der Waals surface area contributed by atoms with Crippen molar-refractivity contribution >= 4 is 27.1 Å². The lowest BCUT2D eigenvalue weighted by atomic mass is 10.0.